The Morgan fingerprint density at radius 3 is 2.75 bits per heavy atom. The summed E-state index contributed by atoms with van der Waals surface area (Å²) in [6, 6.07) is 9.57. The van der Waals surface area contributed by atoms with E-state index < -0.39 is 24.0 Å². The Hall–Kier alpha value is -3.14. The maximum absolute atomic E-state index is 14.2. The zero-order valence-corrected chi connectivity index (χ0v) is 19.1. The van der Waals surface area contributed by atoms with Crippen molar-refractivity contribution in [3.8, 4) is 0 Å². The summed E-state index contributed by atoms with van der Waals surface area (Å²) in [7, 11) is 0. The van der Waals surface area contributed by atoms with E-state index in [1.54, 1.807) is 24.3 Å². The lowest BCUT2D eigenvalue weighted by molar-refractivity contribution is -0.137. The van der Waals surface area contributed by atoms with Gasteiger partial charge in [-0.3, -0.25) is 19.1 Å². The molecular weight excluding hydrogens is 481 g/mol. The van der Waals surface area contributed by atoms with Gasteiger partial charge < -0.3 is 10.2 Å². The highest BCUT2D eigenvalue weighted by molar-refractivity contribution is 9.10. The Balaban J connectivity index is 1.57. The topological polar surface area (TPSA) is 97.2 Å². The number of halogens is 2. The van der Waals surface area contributed by atoms with Gasteiger partial charge in [-0.15, -0.1) is 0 Å². The molecule has 0 spiro atoms. The average molecular weight is 502 g/mol. The molecule has 10 heteroatoms. The molecule has 4 rings (SSSR count). The fourth-order valence-electron chi connectivity index (χ4n) is 3.89. The molecule has 166 valence electrons. The van der Waals surface area contributed by atoms with Crippen LogP contribution in [0.3, 0.4) is 0 Å². The second kappa shape index (κ2) is 8.78. The Kier molecular flexibility index (Phi) is 6.05. The molecule has 1 aliphatic heterocycles. The second-order valence-corrected chi connectivity index (χ2v) is 8.63. The number of aryl methyl sites for hydroxylation is 1. The number of carbonyl (C=O) groups is 3. The summed E-state index contributed by atoms with van der Waals surface area (Å²) >= 11 is 3.23. The number of benzene rings is 1. The second-order valence-electron chi connectivity index (χ2n) is 7.81. The predicted molar refractivity (Wildman–Crippen MR) is 120 cm³/mol. The van der Waals surface area contributed by atoms with Gasteiger partial charge in [0.15, 0.2) is 5.78 Å². The van der Waals surface area contributed by atoms with Crippen molar-refractivity contribution in [3.05, 3.63) is 52.3 Å². The highest BCUT2D eigenvalue weighted by Gasteiger charge is 2.40. The summed E-state index contributed by atoms with van der Waals surface area (Å²) < 4.78 is 16.2. The van der Waals surface area contributed by atoms with Crippen molar-refractivity contribution >= 4 is 50.2 Å². The molecule has 0 saturated carbocycles. The van der Waals surface area contributed by atoms with Crippen LogP contribution in [0.15, 0.2) is 41.0 Å². The van der Waals surface area contributed by atoms with Crippen molar-refractivity contribution < 1.29 is 18.8 Å². The summed E-state index contributed by atoms with van der Waals surface area (Å²) in [5.74, 6) is -0.865. The van der Waals surface area contributed by atoms with Gasteiger partial charge in [-0.2, -0.15) is 5.10 Å². The molecule has 2 aromatic heterocycles. The number of amides is 2. The first-order valence-electron chi connectivity index (χ1n) is 10.1. The Morgan fingerprint density at radius 1 is 1.25 bits per heavy atom. The molecule has 2 atom stereocenters. The van der Waals surface area contributed by atoms with E-state index in [2.05, 4.69) is 31.3 Å². The fourth-order valence-corrected chi connectivity index (χ4v) is 4.23. The molecule has 1 fully saturated rings. The lowest BCUT2D eigenvalue weighted by Crippen LogP contribution is -2.44. The van der Waals surface area contributed by atoms with E-state index in [1.165, 1.54) is 16.5 Å². The number of pyridine rings is 1. The van der Waals surface area contributed by atoms with Crippen molar-refractivity contribution in [2.75, 3.05) is 11.9 Å². The Bertz CT molecular complexity index is 1230. The van der Waals surface area contributed by atoms with Crippen molar-refractivity contribution in [2.45, 2.75) is 39.0 Å². The molecule has 1 saturated heterocycles. The lowest BCUT2D eigenvalue weighted by atomic mass is 10.1. The maximum Gasteiger partial charge on any atom is 0.248 e. The van der Waals surface area contributed by atoms with Gasteiger partial charge in [-0.25, -0.2) is 9.37 Å². The Labute approximate surface area is 191 Å². The number of nitrogens with one attached hydrogen (secondary N) is 1. The van der Waals surface area contributed by atoms with E-state index in [0.29, 0.717) is 21.3 Å². The third-order valence-corrected chi connectivity index (χ3v) is 5.81. The molecule has 0 bridgehead atoms. The van der Waals surface area contributed by atoms with Gasteiger partial charge in [-0.1, -0.05) is 17.7 Å². The number of rotatable bonds is 5. The molecule has 1 aliphatic rings. The largest absolute Gasteiger partial charge is 0.326 e. The number of hydrogen-bond acceptors (Lipinski definition) is 5. The van der Waals surface area contributed by atoms with Crippen LogP contribution >= 0.6 is 15.9 Å². The van der Waals surface area contributed by atoms with Gasteiger partial charge >= 0.3 is 0 Å². The minimum atomic E-state index is -1.31. The number of ketones is 1. The van der Waals surface area contributed by atoms with Gasteiger partial charge in [0.2, 0.25) is 11.8 Å². The standard InChI is InChI=1S/C22H21BrFN5O3/c1-12-6-7-16-15(8-12)21(13(2)30)27-29(16)11-20(31)28-10-14(24)9-17(28)22(32)26-19-5-3-4-18(23)25-19/h3-8,14,17H,9-11H2,1-2H3,(H,25,26,32)/t14-,17+/m1/s1. The quantitative estimate of drug-likeness (QED) is 0.427. The summed E-state index contributed by atoms with van der Waals surface area (Å²) in [4.78, 5) is 43.3. The van der Waals surface area contributed by atoms with Crippen LogP contribution in [0.25, 0.3) is 10.9 Å². The van der Waals surface area contributed by atoms with Crippen LogP contribution in [0.1, 0.15) is 29.4 Å². The van der Waals surface area contributed by atoms with Crippen LogP contribution in [-0.4, -0.2) is 56.0 Å². The van der Waals surface area contributed by atoms with Crippen molar-refractivity contribution in [3.63, 3.8) is 0 Å². The number of nitrogens with zero attached hydrogens (tertiary/aromatic N) is 4. The van der Waals surface area contributed by atoms with Crippen molar-refractivity contribution in [1.29, 1.82) is 0 Å². The molecule has 3 heterocycles. The highest BCUT2D eigenvalue weighted by atomic mass is 79.9. The number of aromatic nitrogens is 3. The van der Waals surface area contributed by atoms with Gasteiger partial charge in [0, 0.05) is 18.7 Å². The zero-order chi connectivity index (χ0) is 23.0. The third kappa shape index (κ3) is 4.40. The molecule has 3 aromatic rings. The summed E-state index contributed by atoms with van der Waals surface area (Å²) in [6.45, 7) is 2.93. The highest BCUT2D eigenvalue weighted by Crippen LogP contribution is 2.25. The maximum atomic E-state index is 14.2. The van der Waals surface area contributed by atoms with Gasteiger partial charge in [0.05, 0.1) is 12.1 Å². The fraction of sp³-hybridized carbons (Fsp3) is 0.318. The summed E-state index contributed by atoms with van der Waals surface area (Å²) in [6.07, 6.45) is -1.40. The number of likely N-dealkylation sites (tertiary alicyclic amines) is 1. The molecule has 2 amide bonds. The first-order chi connectivity index (χ1) is 15.2. The lowest BCUT2D eigenvalue weighted by Gasteiger charge is -2.23. The van der Waals surface area contributed by atoms with Crippen molar-refractivity contribution in [1.82, 2.24) is 19.7 Å². The van der Waals surface area contributed by atoms with Crippen LogP contribution in [0.5, 0.6) is 0 Å². The van der Waals surface area contributed by atoms with E-state index in [9.17, 15) is 18.8 Å². The van der Waals surface area contributed by atoms with Crippen LogP contribution in [-0.2, 0) is 16.1 Å². The number of Topliss-reactive ketones (excluding diaryl/α,β-unsaturated/α-hetero) is 1. The molecule has 0 radical (unpaired) electrons. The molecule has 1 aromatic carbocycles. The number of hydrogen-bond donors (Lipinski definition) is 1. The average Bonchev–Trinajstić information content (AvgIpc) is 3.28. The number of carbonyl (C=O) groups excluding carboxylic acids is 3. The third-order valence-electron chi connectivity index (χ3n) is 5.36. The molecule has 1 N–H and O–H groups in total. The molecule has 8 nitrogen and oxygen atoms in total. The van der Waals surface area contributed by atoms with Crippen LogP contribution in [0.2, 0.25) is 0 Å². The SMILES string of the molecule is CC(=O)c1nn(CC(=O)N2C[C@H](F)C[C@H]2C(=O)Nc2cccc(Br)n2)c2ccc(C)cc12. The van der Waals surface area contributed by atoms with Crippen molar-refractivity contribution in [2.24, 2.45) is 0 Å². The number of fused-ring (bicyclic) bond motifs is 1. The molecular formula is C22H21BrFN5O3. The smallest absolute Gasteiger partial charge is 0.248 e. The van der Waals surface area contributed by atoms with Gasteiger partial charge in [0.1, 0.15) is 34.9 Å². The minimum Gasteiger partial charge on any atom is -0.326 e. The summed E-state index contributed by atoms with van der Waals surface area (Å²) in [5.41, 5.74) is 1.87. The monoisotopic (exact) mass is 501 g/mol. The number of alkyl halides is 1. The van der Waals surface area contributed by atoms with E-state index >= 15 is 0 Å². The van der Waals surface area contributed by atoms with Gasteiger partial charge in [-0.05, 0) is 47.1 Å². The number of anilines is 1. The zero-order valence-electron chi connectivity index (χ0n) is 17.5. The van der Waals surface area contributed by atoms with E-state index in [1.807, 2.05) is 19.1 Å². The van der Waals surface area contributed by atoms with Crippen LogP contribution < -0.4 is 5.32 Å². The summed E-state index contributed by atoms with van der Waals surface area (Å²) in [5, 5.41) is 7.62. The normalized spacial score (nSPS) is 18.2. The molecule has 32 heavy (non-hydrogen) atoms. The Morgan fingerprint density at radius 2 is 2.03 bits per heavy atom. The van der Waals surface area contributed by atoms with E-state index in [0.717, 1.165) is 5.56 Å². The first-order valence-corrected chi connectivity index (χ1v) is 10.9. The molecule has 0 aliphatic carbocycles. The van der Waals surface area contributed by atoms with Gasteiger partial charge in [0.25, 0.3) is 0 Å². The minimum absolute atomic E-state index is 0.0939. The predicted octanol–water partition coefficient (Wildman–Crippen LogP) is 3.28. The van der Waals surface area contributed by atoms with Crippen LogP contribution in [0, 0.1) is 6.92 Å². The first kappa shape index (κ1) is 22.1. The van der Waals surface area contributed by atoms with Crippen LogP contribution in [0.4, 0.5) is 10.2 Å². The molecule has 0 unspecified atom stereocenters. The van der Waals surface area contributed by atoms with E-state index in [-0.39, 0.29) is 31.0 Å². The van der Waals surface area contributed by atoms with E-state index in [4.69, 9.17) is 0 Å².